The van der Waals surface area contributed by atoms with E-state index >= 15 is 0 Å². The van der Waals surface area contributed by atoms with Crippen LogP contribution in [0.4, 0.5) is 0 Å². The molecule has 2 rings (SSSR count). The Morgan fingerprint density at radius 1 is 1.33 bits per heavy atom. The molecule has 0 spiro atoms. The second-order valence-corrected chi connectivity index (χ2v) is 2.99. The molecule has 2 unspecified atom stereocenters. The minimum Gasteiger partial charge on any atom is -0.312 e. The average molecular weight is 163 g/mol. The van der Waals surface area contributed by atoms with Gasteiger partial charge < -0.3 is 11.1 Å². The topological polar surface area (TPSA) is 50.1 Å². The lowest BCUT2D eigenvalue weighted by atomic mass is 10.1. The Morgan fingerprint density at radius 3 is 2.67 bits per heavy atom. The third-order valence-corrected chi connectivity index (χ3v) is 2.28. The van der Waals surface area contributed by atoms with Gasteiger partial charge in [-0.2, -0.15) is 0 Å². The van der Waals surface area contributed by atoms with Crippen molar-refractivity contribution in [3.8, 4) is 0 Å². The van der Waals surface area contributed by atoms with Crippen LogP contribution in [0.15, 0.2) is 24.3 Å². The molecule has 12 heavy (non-hydrogen) atoms. The third-order valence-electron chi connectivity index (χ3n) is 2.28. The van der Waals surface area contributed by atoms with Crippen molar-refractivity contribution in [3.63, 3.8) is 0 Å². The van der Waals surface area contributed by atoms with Crippen LogP contribution < -0.4 is 16.4 Å². The molecule has 0 bridgehead atoms. The van der Waals surface area contributed by atoms with Gasteiger partial charge in [0.25, 0.3) is 0 Å². The van der Waals surface area contributed by atoms with Crippen molar-refractivity contribution < 1.29 is 0 Å². The van der Waals surface area contributed by atoms with Gasteiger partial charge in [0.2, 0.25) is 0 Å². The minimum absolute atomic E-state index is 0.0290. The Kier molecular flexibility index (Phi) is 1.84. The van der Waals surface area contributed by atoms with E-state index in [1.165, 1.54) is 11.1 Å². The molecule has 0 saturated carbocycles. The molecule has 0 saturated heterocycles. The summed E-state index contributed by atoms with van der Waals surface area (Å²) in [6.07, 6.45) is 0.176. The number of benzene rings is 1. The minimum atomic E-state index is -0.0290. The van der Waals surface area contributed by atoms with E-state index in [-0.39, 0.29) is 12.3 Å². The number of fused-ring (bicyclic) bond motifs is 1. The fourth-order valence-electron chi connectivity index (χ4n) is 1.65. The molecule has 2 atom stereocenters. The summed E-state index contributed by atoms with van der Waals surface area (Å²) in [4.78, 5) is 0. The second-order valence-electron chi connectivity index (χ2n) is 2.99. The van der Waals surface area contributed by atoms with E-state index < -0.39 is 0 Å². The van der Waals surface area contributed by atoms with Gasteiger partial charge in [-0.15, -0.1) is 0 Å². The van der Waals surface area contributed by atoms with Crippen LogP contribution in [-0.2, 0) is 0 Å². The van der Waals surface area contributed by atoms with Crippen LogP contribution in [0.3, 0.4) is 0 Å². The van der Waals surface area contributed by atoms with Crippen LogP contribution in [0.5, 0.6) is 0 Å². The Hall–Kier alpha value is -0.900. The molecule has 0 aromatic heterocycles. The summed E-state index contributed by atoms with van der Waals surface area (Å²) in [6.45, 7) is 0. The molecule has 64 valence electrons. The van der Waals surface area contributed by atoms with Gasteiger partial charge in [-0.05, 0) is 18.2 Å². The highest BCUT2D eigenvalue weighted by molar-refractivity contribution is 5.35. The van der Waals surface area contributed by atoms with E-state index in [1.807, 2.05) is 19.2 Å². The zero-order valence-corrected chi connectivity index (χ0v) is 7.04. The van der Waals surface area contributed by atoms with Gasteiger partial charge in [-0.1, -0.05) is 24.3 Å². The van der Waals surface area contributed by atoms with E-state index in [4.69, 9.17) is 5.73 Å². The van der Waals surface area contributed by atoms with E-state index in [0.29, 0.717) is 0 Å². The predicted octanol–water partition coefficient (Wildman–Crippen LogP) is 0.465. The Labute approximate surface area is 72.0 Å². The van der Waals surface area contributed by atoms with Crippen molar-refractivity contribution in [2.45, 2.75) is 12.3 Å². The number of rotatable bonds is 1. The zero-order chi connectivity index (χ0) is 8.55. The van der Waals surface area contributed by atoms with Crippen molar-refractivity contribution in [3.05, 3.63) is 35.4 Å². The number of nitrogens with two attached hydrogens (primary N) is 1. The Morgan fingerprint density at radius 2 is 2.00 bits per heavy atom. The molecule has 1 aliphatic rings. The van der Waals surface area contributed by atoms with Crippen molar-refractivity contribution in [2.24, 2.45) is 5.73 Å². The fraction of sp³-hybridized carbons (Fsp3) is 0.333. The van der Waals surface area contributed by atoms with Crippen LogP contribution in [0.2, 0.25) is 0 Å². The molecule has 3 nitrogen and oxygen atoms in total. The predicted molar refractivity (Wildman–Crippen MR) is 48.3 cm³/mol. The van der Waals surface area contributed by atoms with Crippen molar-refractivity contribution in [2.75, 3.05) is 7.05 Å². The summed E-state index contributed by atoms with van der Waals surface area (Å²) in [5.74, 6) is 0. The van der Waals surface area contributed by atoms with E-state index in [9.17, 15) is 0 Å². The van der Waals surface area contributed by atoms with E-state index in [0.717, 1.165) is 0 Å². The summed E-state index contributed by atoms with van der Waals surface area (Å²) in [5.41, 5.74) is 8.31. The lowest BCUT2D eigenvalue weighted by Crippen LogP contribution is -2.31. The summed E-state index contributed by atoms with van der Waals surface area (Å²) in [6, 6.07) is 8.20. The van der Waals surface area contributed by atoms with Crippen LogP contribution in [0.1, 0.15) is 23.5 Å². The molecule has 1 aromatic rings. The maximum atomic E-state index is 5.86. The summed E-state index contributed by atoms with van der Waals surface area (Å²) in [7, 11) is 1.92. The first kappa shape index (κ1) is 7.73. The number of nitrogens with one attached hydrogen (secondary N) is 2. The van der Waals surface area contributed by atoms with Crippen LogP contribution >= 0.6 is 0 Å². The van der Waals surface area contributed by atoms with Crippen molar-refractivity contribution >= 4 is 0 Å². The smallest absolute Gasteiger partial charge is 0.0851 e. The van der Waals surface area contributed by atoms with Gasteiger partial charge in [0.15, 0.2) is 0 Å². The molecule has 1 aromatic carbocycles. The molecule has 0 amide bonds. The van der Waals surface area contributed by atoms with Gasteiger partial charge in [0.1, 0.15) is 0 Å². The van der Waals surface area contributed by atoms with Crippen LogP contribution in [0, 0.1) is 0 Å². The highest BCUT2D eigenvalue weighted by Gasteiger charge is 2.25. The second kappa shape index (κ2) is 2.86. The highest BCUT2D eigenvalue weighted by atomic mass is 15.2. The Balaban J connectivity index is 2.43. The summed E-state index contributed by atoms with van der Waals surface area (Å²) >= 11 is 0. The highest BCUT2D eigenvalue weighted by Crippen LogP contribution is 2.27. The Bertz CT molecular complexity index is 285. The molecule has 0 radical (unpaired) electrons. The molecular weight excluding hydrogens is 150 g/mol. The number of hydrogen-bond acceptors (Lipinski definition) is 3. The largest absolute Gasteiger partial charge is 0.312 e. The summed E-state index contributed by atoms with van der Waals surface area (Å²) in [5, 5.41) is 6.40. The molecule has 1 aliphatic heterocycles. The van der Waals surface area contributed by atoms with E-state index in [1.54, 1.807) is 0 Å². The summed E-state index contributed by atoms with van der Waals surface area (Å²) < 4.78 is 0. The number of hydrogen-bond donors (Lipinski definition) is 3. The van der Waals surface area contributed by atoms with Gasteiger partial charge in [0.05, 0.1) is 12.3 Å². The first-order valence-electron chi connectivity index (χ1n) is 4.10. The van der Waals surface area contributed by atoms with Crippen molar-refractivity contribution in [1.82, 2.24) is 10.6 Å². The van der Waals surface area contributed by atoms with Crippen LogP contribution in [-0.4, -0.2) is 7.05 Å². The lowest BCUT2D eigenvalue weighted by molar-refractivity contribution is 0.459. The van der Waals surface area contributed by atoms with Gasteiger partial charge in [-0.25, -0.2) is 0 Å². The fourth-order valence-corrected chi connectivity index (χ4v) is 1.65. The van der Waals surface area contributed by atoms with Crippen LogP contribution in [0.25, 0.3) is 0 Å². The van der Waals surface area contributed by atoms with Gasteiger partial charge >= 0.3 is 0 Å². The maximum Gasteiger partial charge on any atom is 0.0851 e. The van der Waals surface area contributed by atoms with Gasteiger partial charge in [0, 0.05) is 0 Å². The maximum absolute atomic E-state index is 5.86. The molecule has 4 N–H and O–H groups in total. The quantitative estimate of drug-likeness (QED) is 0.564. The third kappa shape index (κ3) is 1.03. The molecule has 3 heteroatoms. The van der Waals surface area contributed by atoms with Gasteiger partial charge in [-0.3, -0.25) is 5.32 Å². The SMILES string of the molecule is CNC1NC(N)c2ccccc21. The molecule has 1 heterocycles. The first-order chi connectivity index (χ1) is 5.83. The van der Waals surface area contributed by atoms with Crippen molar-refractivity contribution in [1.29, 1.82) is 0 Å². The monoisotopic (exact) mass is 163 g/mol. The zero-order valence-electron chi connectivity index (χ0n) is 7.04. The normalized spacial score (nSPS) is 27.2. The standard InChI is InChI=1S/C9H13N3/c1-11-9-7-5-3-2-4-6(7)8(10)12-9/h2-5,8-9,11-12H,10H2,1H3. The average Bonchev–Trinajstić information content (AvgIpc) is 2.44. The first-order valence-corrected chi connectivity index (χ1v) is 4.10. The molecular formula is C9H13N3. The van der Waals surface area contributed by atoms with E-state index in [2.05, 4.69) is 22.8 Å². The lowest BCUT2D eigenvalue weighted by Gasteiger charge is -2.10. The molecule has 0 fully saturated rings. The molecule has 0 aliphatic carbocycles.